The first-order chi connectivity index (χ1) is 8.88. The van der Waals surface area contributed by atoms with Crippen molar-refractivity contribution in [1.82, 2.24) is 4.98 Å². The third kappa shape index (κ3) is 3.12. The number of halogens is 2. The van der Waals surface area contributed by atoms with Gasteiger partial charge in [-0.15, -0.1) is 0 Å². The SMILES string of the molecule is Nc1ccc(NS(=O)(=O)c2ccc(Cl)cc2F)cn1. The van der Waals surface area contributed by atoms with Gasteiger partial charge in [0.2, 0.25) is 0 Å². The van der Waals surface area contributed by atoms with Crippen LogP contribution in [-0.4, -0.2) is 13.4 Å². The molecule has 2 rings (SSSR count). The fourth-order valence-electron chi connectivity index (χ4n) is 1.37. The molecule has 0 spiro atoms. The quantitative estimate of drug-likeness (QED) is 0.910. The molecule has 0 aliphatic carbocycles. The van der Waals surface area contributed by atoms with Gasteiger partial charge in [-0.05, 0) is 30.3 Å². The van der Waals surface area contributed by atoms with E-state index in [1.54, 1.807) is 0 Å². The first-order valence-electron chi connectivity index (χ1n) is 5.08. The van der Waals surface area contributed by atoms with Gasteiger partial charge in [0, 0.05) is 5.02 Å². The molecule has 0 amide bonds. The Labute approximate surface area is 114 Å². The molecule has 0 aliphatic heterocycles. The normalized spacial score (nSPS) is 11.3. The number of hydrogen-bond acceptors (Lipinski definition) is 4. The highest BCUT2D eigenvalue weighted by molar-refractivity contribution is 7.92. The Balaban J connectivity index is 2.35. The molecule has 0 atom stereocenters. The maximum Gasteiger partial charge on any atom is 0.264 e. The average Bonchev–Trinajstić information content (AvgIpc) is 2.31. The highest BCUT2D eigenvalue weighted by Crippen LogP contribution is 2.21. The summed E-state index contributed by atoms with van der Waals surface area (Å²) in [6.07, 6.45) is 1.24. The van der Waals surface area contributed by atoms with Gasteiger partial charge in [-0.3, -0.25) is 4.72 Å². The smallest absolute Gasteiger partial charge is 0.264 e. The molecule has 0 aliphatic rings. The minimum absolute atomic E-state index is 0.116. The van der Waals surface area contributed by atoms with Crippen LogP contribution in [0.5, 0.6) is 0 Å². The second-order valence-corrected chi connectivity index (χ2v) is 5.74. The van der Waals surface area contributed by atoms with Crippen LogP contribution in [0.25, 0.3) is 0 Å². The lowest BCUT2D eigenvalue weighted by Crippen LogP contribution is -2.14. The molecule has 1 heterocycles. The van der Waals surface area contributed by atoms with Crippen LogP contribution in [0.15, 0.2) is 41.4 Å². The third-order valence-corrected chi connectivity index (χ3v) is 3.87. The second-order valence-electron chi connectivity index (χ2n) is 3.65. The van der Waals surface area contributed by atoms with Crippen LogP contribution in [0.4, 0.5) is 15.9 Å². The van der Waals surface area contributed by atoms with Crippen molar-refractivity contribution in [2.24, 2.45) is 0 Å². The molecule has 5 nitrogen and oxygen atoms in total. The second kappa shape index (κ2) is 5.02. The summed E-state index contributed by atoms with van der Waals surface area (Å²) in [6.45, 7) is 0. The number of aromatic nitrogens is 1. The summed E-state index contributed by atoms with van der Waals surface area (Å²) >= 11 is 5.57. The average molecular weight is 302 g/mol. The summed E-state index contributed by atoms with van der Waals surface area (Å²) in [5.74, 6) is -0.677. The van der Waals surface area contributed by atoms with Crippen molar-refractivity contribution in [3.63, 3.8) is 0 Å². The van der Waals surface area contributed by atoms with E-state index in [2.05, 4.69) is 9.71 Å². The Morgan fingerprint density at radius 2 is 2.00 bits per heavy atom. The number of rotatable bonds is 3. The van der Waals surface area contributed by atoms with Gasteiger partial charge in [0.05, 0.1) is 11.9 Å². The van der Waals surface area contributed by atoms with Gasteiger partial charge in [-0.25, -0.2) is 17.8 Å². The lowest BCUT2D eigenvalue weighted by Gasteiger charge is -2.08. The summed E-state index contributed by atoms with van der Waals surface area (Å²) in [7, 11) is -4.04. The number of nitrogens with zero attached hydrogens (tertiary/aromatic N) is 1. The van der Waals surface area contributed by atoms with Crippen molar-refractivity contribution in [3.05, 3.63) is 47.4 Å². The Kier molecular flexibility index (Phi) is 3.59. The predicted octanol–water partition coefficient (Wildman–Crippen LogP) is 2.26. The first kappa shape index (κ1) is 13.6. The Morgan fingerprint density at radius 3 is 2.58 bits per heavy atom. The zero-order chi connectivity index (χ0) is 14.0. The molecule has 100 valence electrons. The van der Waals surface area contributed by atoms with Crippen LogP contribution in [0.1, 0.15) is 0 Å². The van der Waals surface area contributed by atoms with E-state index in [0.717, 1.165) is 12.1 Å². The maximum atomic E-state index is 13.6. The van der Waals surface area contributed by atoms with Crippen molar-refractivity contribution in [1.29, 1.82) is 0 Å². The molecular weight excluding hydrogens is 293 g/mol. The minimum Gasteiger partial charge on any atom is -0.384 e. The van der Waals surface area contributed by atoms with Gasteiger partial charge in [-0.1, -0.05) is 11.6 Å². The topological polar surface area (TPSA) is 85.1 Å². The van der Waals surface area contributed by atoms with Crippen LogP contribution in [0.2, 0.25) is 5.02 Å². The summed E-state index contributed by atoms with van der Waals surface area (Å²) in [4.78, 5) is 3.24. The van der Waals surface area contributed by atoms with Gasteiger partial charge in [0.25, 0.3) is 10.0 Å². The van der Waals surface area contributed by atoms with Gasteiger partial charge in [0.15, 0.2) is 0 Å². The third-order valence-electron chi connectivity index (χ3n) is 2.22. The number of anilines is 2. The molecule has 19 heavy (non-hydrogen) atoms. The molecule has 0 fully saturated rings. The van der Waals surface area contributed by atoms with Crippen LogP contribution in [0.3, 0.4) is 0 Å². The highest BCUT2D eigenvalue weighted by Gasteiger charge is 2.19. The van der Waals surface area contributed by atoms with Crippen molar-refractivity contribution in [2.45, 2.75) is 4.90 Å². The number of pyridine rings is 1. The molecule has 0 radical (unpaired) electrons. The molecule has 1 aromatic heterocycles. The van der Waals surface area contributed by atoms with Crippen LogP contribution in [-0.2, 0) is 10.0 Å². The zero-order valence-corrected chi connectivity index (χ0v) is 11.0. The van der Waals surface area contributed by atoms with Gasteiger partial charge >= 0.3 is 0 Å². The van der Waals surface area contributed by atoms with E-state index in [-0.39, 0.29) is 16.5 Å². The van der Waals surface area contributed by atoms with Gasteiger partial charge in [0.1, 0.15) is 16.5 Å². The molecule has 2 aromatic rings. The van der Waals surface area contributed by atoms with Gasteiger partial charge in [-0.2, -0.15) is 0 Å². The highest BCUT2D eigenvalue weighted by atomic mass is 35.5. The summed E-state index contributed by atoms with van der Waals surface area (Å²) in [5.41, 5.74) is 5.56. The van der Waals surface area contributed by atoms with Crippen LogP contribution < -0.4 is 10.5 Å². The van der Waals surface area contributed by atoms with E-state index in [1.165, 1.54) is 24.4 Å². The standard InChI is InChI=1S/C11H9ClFN3O2S/c12-7-1-3-10(9(13)5-7)19(17,18)16-8-2-4-11(14)15-6-8/h1-6,16H,(H2,14,15). The zero-order valence-electron chi connectivity index (χ0n) is 9.47. The van der Waals surface area contributed by atoms with Gasteiger partial charge < -0.3 is 5.73 Å². The Hall–Kier alpha value is -1.86. The van der Waals surface area contributed by atoms with E-state index >= 15 is 0 Å². The lowest BCUT2D eigenvalue weighted by molar-refractivity contribution is 0.570. The number of sulfonamides is 1. The van der Waals surface area contributed by atoms with E-state index < -0.39 is 20.7 Å². The van der Waals surface area contributed by atoms with Crippen molar-refractivity contribution in [3.8, 4) is 0 Å². The molecule has 0 bridgehead atoms. The van der Waals surface area contributed by atoms with E-state index in [4.69, 9.17) is 17.3 Å². The Morgan fingerprint density at radius 1 is 1.26 bits per heavy atom. The molecule has 0 saturated heterocycles. The fraction of sp³-hybridized carbons (Fsp3) is 0. The number of nitrogen functional groups attached to an aromatic ring is 1. The molecule has 0 unspecified atom stereocenters. The summed E-state index contributed by atoms with van der Waals surface area (Å²) < 4.78 is 39.7. The molecule has 8 heteroatoms. The Bertz CT molecular complexity index is 704. The number of nitrogens with one attached hydrogen (secondary N) is 1. The number of benzene rings is 1. The van der Waals surface area contributed by atoms with Crippen LogP contribution >= 0.6 is 11.6 Å². The minimum atomic E-state index is -4.04. The molecule has 0 saturated carbocycles. The summed E-state index contributed by atoms with van der Waals surface area (Å²) in [5, 5.41) is 0.116. The van der Waals surface area contributed by atoms with Crippen LogP contribution in [0, 0.1) is 5.82 Å². The lowest BCUT2D eigenvalue weighted by atomic mass is 10.3. The van der Waals surface area contributed by atoms with Crippen molar-refractivity contribution >= 4 is 33.1 Å². The van der Waals surface area contributed by atoms with Crippen molar-refractivity contribution in [2.75, 3.05) is 10.5 Å². The first-order valence-corrected chi connectivity index (χ1v) is 6.94. The predicted molar refractivity (Wildman–Crippen MR) is 70.9 cm³/mol. The molecule has 1 aromatic carbocycles. The largest absolute Gasteiger partial charge is 0.384 e. The summed E-state index contributed by atoms with van der Waals surface area (Å²) in [6, 6.07) is 6.16. The number of hydrogen-bond donors (Lipinski definition) is 2. The fourth-order valence-corrected chi connectivity index (χ4v) is 2.63. The maximum absolute atomic E-state index is 13.6. The van der Waals surface area contributed by atoms with E-state index in [9.17, 15) is 12.8 Å². The number of nitrogens with two attached hydrogens (primary N) is 1. The molecule has 3 N–H and O–H groups in total. The van der Waals surface area contributed by atoms with E-state index in [1.807, 2.05) is 0 Å². The monoisotopic (exact) mass is 301 g/mol. The molecular formula is C11H9ClFN3O2S. The van der Waals surface area contributed by atoms with Crippen molar-refractivity contribution < 1.29 is 12.8 Å². The van der Waals surface area contributed by atoms with E-state index in [0.29, 0.717) is 0 Å².